The first kappa shape index (κ1) is 22.8. The van der Waals surface area contributed by atoms with E-state index >= 15 is 0 Å². The minimum absolute atomic E-state index is 0.132. The van der Waals surface area contributed by atoms with Crippen molar-refractivity contribution in [3.8, 4) is 0 Å². The molecule has 1 N–H and O–H groups in total. The number of sulfonamides is 1. The van der Waals surface area contributed by atoms with E-state index in [4.69, 9.17) is 9.47 Å². The van der Waals surface area contributed by atoms with Crippen molar-refractivity contribution in [3.63, 3.8) is 0 Å². The average molecular weight is 486 g/mol. The minimum atomic E-state index is -3.72. The fourth-order valence-electron chi connectivity index (χ4n) is 4.24. The zero-order chi connectivity index (χ0) is 23.7. The second kappa shape index (κ2) is 9.34. The van der Waals surface area contributed by atoms with E-state index in [0.717, 1.165) is 11.4 Å². The Hall–Kier alpha value is -2.99. The van der Waals surface area contributed by atoms with Gasteiger partial charge in [-0.2, -0.15) is 4.31 Å². The van der Waals surface area contributed by atoms with Crippen LogP contribution in [0, 0.1) is 6.92 Å². The molecule has 3 aromatic rings. The highest BCUT2D eigenvalue weighted by Crippen LogP contribution is 2.31. The predicted octanol–water partition coefficient (Wildman–Crippen LogP) is 1.75. The lowest BCUT2D eigenvalue weighted by Crippen LogP contribution is -2.40. The van der Waals surface area contributed by atoms with Gasteiger partial charge in [0.15, 0.2) is 0 Å². The molecule has 1 aromatic carbocycles. The summed E-state index contributed by atoms with van der Waals surface area (Å²) in [6, 6.07) is 10.5. The van der Waals surface area contributed by atoms with Crippen LogP contribution in [0.1, 0.15) is 16.2 Å². The number of hydrogen-bond acceptors (Lipinski definition) is 7. The summed E-state index contributed by atoms with van der Waals surface area (Å²) in [5.41, 5.74) is 3.05. The zero-order valence-electron chi connectivity index (χ0n) is 18.9. The Bertz CT molecular complexity index is 1310. The van der Waals surface area contributed by atoms with Crippen LogP contribution in [0.2, 0.25) is 0 Å². The number of imidazole rings is 1. The molecule has 11 heteroatoms. The summed E-state index contributed by atoms with van der Waals surface area (Å²) in [7, 11) is -3.72. The Morgan fingerprint density at radius 2 is 1.71 bits per heavy atom. The number of nitrogens with zero attached hydrogens (tertiary/aromatic N) is 4. The maximum Gasteiger partial charge on any atom is 0.275 e. The molecule has 0 bridgehead atoms. The molecule has 1 amide bonds. The van der Waals surface area contributed by atoms with Crippen LogP contribution in [-0.4, -0.2) is 80.6 Å². The van der Waals surface area contributed by atoms with Crippen LogP contribution in [0.15, 0.2) is 47.5 Å². The smallest absolute Gasteiger partial charge is 0.275 e. The van der Waals surface area contributed by atoms with Crippen molar-refractivity contribution in [1.29, 1.82) is 0 Å². The summed E-state index contributed by atoms with van der Waals surface area (Å²) in [6.07, 6.45) is 1.68. The molecule has 4 heterocycles. The van der Waals surface area contributed by atoms with Gasteiger partial charge in [-0.05, 0) is 37.3 Å². The Morgan fingerprint density at radius 1 is 1.00 bits per heavy atom. The van der Waals surface area contributed by atoms with Crippen molar-refractivity contribution in [1.82, 2.24) is 13.7 Å². The first-order valence-corrected chi connectivity index (χ1v) is 12.7. The minimum Gasteiger partial charge on any atom is -0.379 e. The van der Waals surface area contributed by atoms with E-state index in [1.54, 1.807) is 18.3 Å². The molecule has 34 heavy (non-hydrogen) atoms. The summed E-state index contributed by atoms with van der Waals surface area (Å²) >= 11 is 0. The molecule has 2 aliphatic heterocycles. The summed E-state index contributed by atoms with van der Waals surface area (Å²) in [6.45, 7) is 5.68. The van der Waals surface area contributed by atoms with Gasteiger partial charge in [0.05, 0.1) is 42.7 Å². The molecule has 180 valence electrons. The number of carbonyl (C=O) groups is 1. The molecule has 0 spiro atoms. The van der Waals surface area contributed by atoms with Gasteiger partial charge in [-0.1, -0.05) is 6.07 Å². The first-order valence-electron chi connectivity index (χ1n) is 11.2. The van der Waals surface area contributed by atoms with E-state index in [2.05, 4.69) is 15.2 Å². The number of morpholine rings is 2. The number of aromatic nitrogens is 2. The molecule has 0 unspecified atom stereocenters. The summed E-state index contributed by atoms with van der Waals surface area (Å²) in [5, 5.41) is 2.92. The maximum absolute atomic E-state index is 13.2. The van der Waals surface area contributed by atoms with Crippen LogP contribution in [0.25, 0.3) is 5.65 Å². The van der Waals surface area contributed by atoms with Crippen LogP contribution in [0.3, 0.4) is 0 Å². The van der Waals surface area contributed by atoms with E-state index in [0.29, 0.717) is 63.9 Å². The highest BCUT2D eigenvalue weighted by molar-refractivity contribution is 7.89. The molecule has 10 nitrogen and oxygen atoms in total. The normalized spacial score (nSPS) is 17.7. The third-order valence-corrected chi connectivity index (χ3v) is 8.00. The monoisotopic (exact) mass is 485 g/mol. The SMILES string of the molecule is Cc1cccc2nc(C(=O)Nc3cc(S(=O)(=O)N4CCOCC4)ccc3N3CCOCC3)cn12. The van der Waals surface area contributed by atoms with Crippen LogP contribution < -0.4 is 10.2 Å². The average Bonchev–Trinajstić information content (AvgIpc) is 3.31. The standard InChI is InChI=1S/C23H27N5O5S/c1-17-3-2-4-22-24-20(16-28(17)22)23(29)25-19-15-18(34(30,31)27-9-13-33-14-10-27)5-6-21(19)26-7-11-32-12-8-26/h2-6,15-16H,7-14H2,1H3,(H,25,29). The van der Waals surface area contributed by atoms with E-state index in [1.807, 2.05) is 29.5 Å². The Morgan fingerprint density at radius 3 is 2.41 bits per heavy atom. The van der Waals surface area contributed by atoms with Crippen molar-refractivity contribution in [3.05, 3.63) is 54.0 Å². The van der Waals surface area contributed by atoms with Crippen molar-refractivity contribution in [2.24, 2.45) is 0 Å². The number of aryl methyl sites for hydroxylation is 1. The second-order valence-electron chi connectivity index (χ2n) is 8.27. The summed E-state index contributed by atoms with van der Waals surface area (Å²) in [5.74, 6) is -0.404. The third-order valence-electron chi connectivity index (χ3n) is 6.10. The lowest BCUT2D eigenvalue weighted by Gasteiger charge is -2.31. The number of pyridine rings is 1. The van der Waals surface area contributed by atoms with Gasteiger partial charge in [0.25, 0.3) is 5.91 Å². The van der Waals surface area contributed by atoms with Crippen LogP contribution in [0.5, 0.6) is 0 Å². The van der Waals surface area contributed by atoms with Crippen molar-refractivity contribution in [2.45, 2.75) is 11.8 Å². The van der Waals surface area contributed by atoms with Crippen molar-refractivity contribution < 1.29 is 22.7 Å². The van der Waals surface area contributed by atoms with Crippen LogP contribution >= 0.6 is 0 Å². The molecule has 0 saturated carbocycles. The zero-order valence-corrected chi connectivity index (χ0v) is 19.8. The van der Waals surface area contributed by atoms with Crippen LogP contribution in [-0.2, 0) is 19.5 Å². The lowest BCUT2D eigenvalue weighted by molar-refractivity contribution is 0.0730. The quantitative estimate of drug-likeness (QED) is 0.587. The molecule has 2 aromatic heterocycles. The number of benzene rings is 1. The molecule has 0 atom stereocenters. The highest BCUT2D eigenvalue weighted by atomic mass is 32.2. The second-order valence-corrected chi connectivity index (χ2v) is 10.2. The van der Waals surface area contributed by atoms with Crippen LogP contribution in [0.4, 0.5) is 11.4 Å². The van der Waals surface area contributed by atoms with E-state index < -0.39 is 15.9 Å². The molecule has 2 aliphatic rings. The van der Waals surface area contributed by atoms with Gasteiger partial charge in [-0.25, -0.2) is 13.4 Å². The molecule has 0 aliphatic carbocycles. The number of nitrogens with one attached hydrogen (secondary N) is 1. The number of ether oxygens (including phenoxy) is 2. The number of hydrogen-bond donors (Lipinski definition) is 1. The largest absolute Gasteiger partial charge is 0.379 e. The summed E-state index contributed by atoms with van der Waals surface area (Å²) in [4.78, 5) is 19.8. The Balaban J connectivity index is 1.50. The fraction of sp³-hybridized carbons (Fsp3) is 0.391. The maximum atomic E-state index is 13.2. The Kier molecular flexibility index (Phi) is 6.26. The first-order chi connectivity index (χ1) is 16.4. The molecule has 2 fully saturated rings. The number of anilines is 2. The number of carbonyl (C=O) groups excluding carboxylic acids is 1. The summed E-state index contributed by atoms with van der Waals surface area (Å²) < 4.78 is 40.5. The van der Waals surface area contributed by atoms with Gasteiger partial charge in [0, 0.05) is 38.1 Å². The van der Waals surface area contributed by atoms with Gasteiger partial charge in [0.2, 0.25) is 10.0 Å². The lowest BCUT2D eigenvalue weighted by atomic mass is 10.2. The number of fused-ring (bicyclic) bond motifs is 1. The highest BCUT2D eigenvalue weighted by Gasteiger charge is 2.28. The van der Waals surface area contributed by atoms with E-state index in [9.17, 15) is 13.2 Å². The molecule has 5 rings (SSSR count). The topological polar surface area (TPSA) is 105 Å². The predicted molar refractivity (Wildman–Crippen MR) is 127 cm³/mol. The Labute approximate surface area is 198 Å². The van der Waals surface area contributed by atoms with Gasteiger partial charge < -0.3 is 24.1 Å². The fourth-order valence-corrected chi connectivity index (χ4v) is 5.67. The molecule has 2 saturated heterocycles. The molecule has 0 radical (unpaired) electrons. The van der Waals surface area contributed by atoms with Gasteiger partial charge in [-0.3, -0.25) is 4.79 Å². The van der Waals surface area contributed by atoms with E-state index in [1.165, 1.54) is 10.4 Å². The third kappa shape index (κ3) is 4.39. The van der Waals surface area contributed by atoms with Gasteiger partial charge in [-0.15, -0.1) is 0 Å². The van der Waals surface area contributed by atoms with Gasteiger partial charge in [0.1, 0.15) is 11.3 Å². The van der Waals surface area contributed by atoms with Gasteiger partial charge >= 0.3 is 0 Å². The van der Waals surface area contributed by atoms with Crippen molar-refractivity contribution in [2.75, 3.05) is 62.8 Å². The molecular formula is C23H27N5O5S. The van der Waals surface area contributed by atoms with Crippen molar-refractivity contribution >= 4 is 33.0 Å². The number of rotatable bonds is 5. The van der Waals surface area contributed by atoms with E-state index in [-0.39, 0.29) is 10.6 Å². The number of amides is 1. The molecular weight excluding hydrogens is 458 g/mol.